The Labute approximate surface area is 195 Å². The van der Waals surface area contributed by atoms with E-state index in [1.807, 2.05) is 42.5 Å². The van der Waals surface area contributed by atoms with Gasteiger partial charge < -0.3 is 15.1 Å². The van der Waals surface area contributed by atoms with E-state index in [-0.39, 0.29) is 6.03 Å². The summed E-state index contributed by atoms with van der Waals surface area (Å²) < 4.78 is 1.60. The number of carbonyl (C=O) groups excluding carboxylic acids is 1. The molecule has 0 aliphatic carbocycles. The maximum absolute atomic E-state index is 12.8. The van der Waals surface area contributed by atoms with E-state index in [2.05, 4.69) is 50.0 Å². The van der Waals surface area contributed by atoms with Gasteiger partial charge >= 0.3 is 6.03 Å². The number of piperazine rings is 1. The van der Waals surface area contributed by atoms with E-state index in [9.17, 15) is 4.79 Å². The van der Waals surface area contributed by atoms with Crippen molar-refractivity contribution in [2.24, 2.45) is 0 Å². The van der Waals surface area contributed by atoms with Crippen molar-refractivity contribution in [2.75, 3.05) is 57.8 Å². The highest BCUT2D eigenvalue weighted by Crippen LogP contribution is 2.27. The molecule has 7 heteroatoms. The van der Waals surface area contributed by atoms with Crippen LogP contribution < -0.4 is 10.2 Å². The van der Waals surface area contributed by atoms with Crippen LogP contribution in [0.2, 0.25) is 0 Å². The predicted molar refractivity (Wildman–Crippen MR) is 132 cm³/mol. The Kier molecular flexibility index (Phi) is 6.29. The van der Waals surface area contributed by atoms with E-state index in [1.165, 1.54) is 13.1 Å². The summed E-state index contributed by atoms with van der Waals surface area (Å²) in [5, 5.41) is 2.95. The first-order chi connectivity index (χ1) is 16.2. The zero-order valence-corrected chi connectivity index (χ0v) is 19.1. The minimum absolute atomic E-state index is 0.171. The van der Waals surface area contributed by atoms with Crippen molar-refractivity contribution in [2.45, 2.75) is 12.5 Å². The van der Waals surface area contributed by atoms with Crippen LogP contribution in [0.15, 0.2) is 54.9 Å². The van der Waals surface area contributed by atoms with E-state index in [1.54, 1.807) is 10.9 Å². The van der Waals surface area contributed by atoms with Crippen LogP contribution in [0.3, 0.4) is 0 Å². The molecule has 0 spiro atoms. The van der Waals surface area contributed by atoms with Gasteiger partial charge in [0.25, 0.3) is 0 Å². The van der Waals surface area contributed by atoms with E-state index >= 15 is 0 Å². The summed E-state index contributed by atoms with van der Waals surface area (Å²) in [6, 6.07) is 16.5. The quantitative estimate of drug-likeness (QED) is 0.497. The number of hydrogen-bond donors (Lipinski definition) is 1. The van der Waals surface area contributed by atoms with Gasteiger partial charge in [-0.1, -0.05) is 36.1 Å². The summed E-state index contributed by atoms with van der Waals surface area (Å²) in [6.45, 7) is 6.95. The summed E-state index contributed by atoms with van der Waals surface area (Å²) in [5.41, 5.74) is 3.81. The molecular formula is C26H30N6O. The first kappa shape index (κ1) is 21.5. The van der Waals surface area contributed by atoms with Crippen LogP contribution in [-0.4, -0.2) is 84.3 Å². The number of likely N-dealkylation sites (N-methyl/N-ethyl adjacent to an activating group) is 1. The lowest BCUT2D eigenvalue weighted by molar-refractivity contribution is 0.0488. The Balaban J connectivity index is 1.20. The van der Waals surface area contributed by atoms with Crippen molar-refractivity contribution in [1.82, 2.24) is 24.7 Å². The SMILES string of the molecule is CN1CC(N2CCN(c3cccc4c3ncn4C(=O)NCCC#Cc3ccccc3)CC2)C1. The Bertz CT molecular complexity index is 1160. The number of aromatic nitrogens is 2. The van der Waals surface area contributed by atoms with Crippen molar-refractivity contribution >= 4 is 22.8 Å². The smallest absolute Gasteiger partial charge is 0.327 e. The molecule has 2 fully saturated rings. The van der Waals surface area contributed by atoms with Gasteiger partial charge in [-0.05, 0) is 31.3 Å². The van der Waals surface area contributed by atoms with Crippen LogP contribution in [0.5, 0.6) is 0 Å². The molecule has 0 unspecified atom stereocenters. The molecule has 170 valence electrons. The molecule has 0 atom stereocenters. The molecule has 1 N–H and O–H groups in total. The van der Waals surface area contributed by atoms with Crippen LogP contribution in [0.1, 0.15) is 12.0 Å². The van der Waals surface area contributed by atoms with Gasteiger partial charge in [0.1, 0.15) is 11.8 Å². The number of nitrogens with one attached hydrogen (secondary N) is 1. The summed E-state index contributed by atoms with van der Waals surface area (Å²) >= 11 is 0. The van der Waals surface area contributed by atoms with Crippen molar-refractivity contribution in [3.05, 3.63) is 60.4 Å². The van der Waals surface area contributed by atoms with Gasteiger partial charge in [0, 0.05) is 63.8 Å². The molecule has 7 nitrogen and oxygen atoms in total. The third-order valence-electron chi connectivity index (χ3n) is 6.52. The molecule has 2 aliphatic rings. The lowest BCUT2D eigenvalue weighted by atomic mass is 10.1. The zero-order chi connectivity index (χ0) is 22.6. The monoisotopic (exact) mass is 442 g/mol. The highest BCUT2D eigenvalue weighted by molar-refractivity contribution is 5.95. The normalized spacial score (nSPS) is 17.4. The number of rotatable bonds is 4. The van der Waals surface area contributed by atoms with Crippen LogP contribution in [0, 0.1) is 11.8 Å². The molecule has 2 aliphatic heterocycles. The van der Waals surface area contributed by atoms with Gasteiger partial charge in [-0.3, -0.25) is 9.47 Å². The Morgan fingerprint density at radius 1 is 1.06 bits per heavy atom. The first-order valence-electron chi connectivity index (χ1n) is 11.6. The fourth-order valence-corrected chi connectivity index (χ4v) is 4.67. The number of amides is 1. The van der Waals surface area contributed by atoms with Gasteiger partial charge in [0.05, 0.1) is 11.2 Å². The lowest BCUT2D eigenvalue weighted by Gasteiger charge is -2.47. The van der Waals surface area contributed by atoms with Gasteiger partial charge in [-0.25, -0.2) is 9.78 Å². The molecule has 2 saturated heterocycles. The first-order valence-corrected chi connectivity index (χ1v) is 11.6. The van der Waals surface area contributed by atoms with Gasteiger partial charge in [-0.15, -0.1) is 0 Å². The number of nitrogens with zero attached hydrogens (tertiary/aromatic N) is 5. The molecule has 2 aromatic carbocycles. The number of fused-ring (bicyclic) bond motifs is 1. The van der Waals surface area contributed by atoms with E-state index in [0.29, 0.717) is 19.0 Å². The Hall–Kier alpha value is -3.34. The molecule has 33 heavy (non-hydrogen) atoms. The maximum Gasteiger partial charge on any atom is 0.327 e. The van der Waals surface area contributed by atoms with Crippen molar-refractivity contribution in [3.63, 3.8) is 0 Å². The van der Waals surface area contributed by atoms with Crippen LogP contribution >= 0.6 is 0 Å². The Morgan fingerprint density at radius 2 is 1.85 bits per heavy atom. The minimum Gasteiger partial charge on any atom is -0.367 e. The average molecular weight is 443 g/mol. The number of likely N-dealkylation sites (tertiary alicyclic amines) is 1. The second-order valence-electron chi connectivity index (χ2n) is 8.81. The van der Waals surface area contributed by atoms with Gasteiger partial charge in [-0.2, -0.15) is 0 Å². The molecular weight excluding hydrogens is 412 g/mol. The molecule has 3 heterocycles. The third-order valence-corrected chi connectivity index (χ3v) is 6.52. The number of para-hydroxylation sites is 1. The molecule has 0 radical (unpaired) electrons. The molecule has 0 bridgehead atoms. The maximum atomic E-state index is 12.8. The Morgan fingerprint density at radius 3 is 2.61 bits per heavy atom. The fraction of sp³-hybridized carbons (Fsp3) is 0.385. The lowest BCUT2D eigenvalue weighted by Crippen LogP contribution is -2.62. The van der Waals surface area contributed by atoms with Crippen LogP contribution in [0.25, 0.3) is 11.0 Å². The number of benzene rings is 2. The average Bonchev–Trinajstić information content (AvgIpc) is 3.27. The molecule has 1 amide bonds. The summed E-state index contributed by atoms with van der Waals surface area (Å²) in [7, 11) is 2.18. The van der Waals surface area contributed by atoms with Crippen LogP contribution in [0.4, 0.5) is 10.5 Å². The summed E-state index contributed by atoms with van der Waals surface area (Å²) in [5.74, 6) is 6.23. The minimum atomic E-state index is -0.171. The second-order valence-corrected chi connectivity index (χ2v) is 8.81. The van der Waals surface area contributed by atoms with E-state index in [4.69, 9.17) is 0 Å². The predicted octanol–water partition coefficient (Wildman–Crippen LogP) is 2.47. The molecule has 0 saturated carbocycles. The third kappa shape index (κ3) is 4.72. The van der Waals surface area contributed by atoms with E-state index < -0.39 is 0 Å². The number of hydrogen-bond acceptors (Lipinski definition) is 5. The fourth-order valence-electron chi connectivity index (χ4n) is 4.67. The topological polar surface area (TPSA) is 56.6 Å². The van der Waals surface area contributed by atoms with Crippen molar-refractivity contribution in [1.29, 1.82) is 0 Å². The van der Waals surface area contributed by atoms with Crippen molar-refractivity contribution < 1.29 is 4.79 Å². The molecule has 5 rings (SSSR count). The van der Waals surface area contributed by atoms with Gasteiger partial charge in [0.15, 0.2) is 0 Å². The summed E-state index contributed by atoms with van der Waals surface area (Å²) in [4.78, 5) is 24.7. The highest BCUT2D eigenvalue weighted by atomic mass is 16.2. The van der Waals surface area contributed by atoms with Crippen molar-refractivity contribution in [3.8, 4) is 11.8 Å². The number of carbonyl (C=O) groups is 1. The number of anilines is 1. The molecule has 1 aromatic heterocycles. The summed E-state index contributed by atoms with van der Waals surface area (Å²) in [6.07, 6.45) is 2.22. The largest absolute Gasteiger partial charge is 0.367 e. The molecule has 3 aromatic rings. The van der Waals surface area contributed by atoms with Gasteiger partial charge in [0.2, 0.25) is 0 Å². The second kappa shape index (κ2) is 9.65. The van der Waals surface area contributed by atoms with E-state index in [0.717, 1.165) is 48.5 Å². The number of imidazole rings is 1. The van der Waals surface area contributed by atoms with Crippen LogP contribution in [-0.2, 0) is 0 Å². The zero-order valence-electron chi connectivity index (χ0n) is 19.1. The standard InChI is InChI=1S/C26H30N6O/c1-29-18-22(19-29)30-14-16-31(17-15-30)23-11-7-12-24-25(23)28-20-32(24)26(33)27-13-6-5-10-21-8-3-2-4-9-21/h2-4,7-9,11-12,20,22H,6,13-19H2,1H3,(H,27,33). The highest BCUT2D eigenvalue weighted by Gasteiger charge is 2.31.